The molecule has 18 heavy (non-hydrogen) atoms. The lowest BCUT2D eigenvalue weighted by molar-refractivity contribution is 0.0567. The summed E-state index contributed by atoms with van der Waals surface area (Å²) in [5.41, 5.74) is 2.75. The second-order valence-corrected chi connectivity index (χ2v) is 5.36. The number of benzene rings is 1. The van der Waals surface area contributed by atoms with Crippen LogP contribution >= 0.6 is 0 Å². The molecule has 1 unspecified atom stereocenters. The summed E-state index contributed by atoms with van der Waals surface area (Å²) in [4.78, 5) is 2.50. The molecule has 1 aromatic rings. The smallest absolute Gasteiger partial charge is 0.0714 e. The Morgan fingerprint density at radius 1 is 1.28 bits per heavy atom. The summed E-state index contributed by atoms with van der Waals surface area (Å²) in [6, 6.07) is 8.86. The van der Waals surface area contributed by atoms with Crippen LogP contribution in [-0.2, 0) is 11.3 Å². The fraction of sp³-hybridized carbons (Fsp3) is 0.625. The van der Waals surface area contributed by atoms with Gasteiger partial charge in [0.15, 0.2) is 0 Å². The molecule has 2 rings (SSSR count). The molecule has 0 aromatic heterocycles. The van der Waals surface area contributed by atoms with E-state index in [1.54, 1.807) is 0 Å². The molecule has 100 valence electrons. The number of unbranched alkanes of at least 4 members (excludes halogenated alkanes) is 1. The van der Waals surface area contributed by atoms with Gasteiger partial charge in [-0.15, -0.1) is 0 Å². The summed E-state index contributed by atoms with van der Waals surface area (Å²) in [5, 5.41) is 0. The van der Waals surface area contributed by atoms with E-state index >= 15 is 0 Å². The van der Waals surface area contributed by atoms with E-state index in [1.165, 1.54) is 36.9 Å². The van der Waals surface area contributed by atoms with E-state index in [9.17, 15) is 0 Å². The van der Waals surface area contributed by atoms with Crippen molar-refractivity contribution in [1.82, 2.24) is 4.90 Å². The highest BCUT2D eigenvalue weighted by atomic mass is 16.5. The highest BCUT2D eigenvalue weighted by Crippen LogP contribution is 2.16. The quantitative estimate of drug-likeness (QED) is 0.714. The van der Waals surface area contributed by atoms with Crippen LogP contribution in [0.5, 0.6) is 0 Å². The molecule has 0 bridgehead atoms. The molecule has 0 radical (unpaired) electrons. The third-order valence-corrected chi connectivity index (χ3v) is 3.61. The average molecular weight is 247 g/mol. The lowest BCUT2D eigenvalue weighted by Crippen LogP contribution is -2.23. The van der Waals surface area contributed by atoms with E-state index in [2.05, 4.69) is 43.0 Å². The molecule has 1 heterocycles. The fourth-order valence-electron chi connectivity index (χ4n) is 2.42. The molecule has 0 amide bonds. The first-order valence-corrected chi connectivity index (χ1v) is 7.17. The van der Waals surface area contributed by atoms with Crippen molar-refractivity contribution in [1.29, 1.82) is 0 Å². The Bertz CT molecular complexity index is 347. The monoisotopic (exact) mass is 247 g/mol. The maximum atomic E-state index is 5.89. The summed E-state index contributed by atoms with van der Waals surface area (Å²) in [6.45, 7) is 8.61. The van der Waals surface area contributed by atoms with Crippen molar-refractivity contribution in [3.8, 4) is 0 Å². The first kappa shape index (κ1) is 13.6. The molecule has 1 saturated heterocycles. The molecule has 1 fully saturated rings. The zero-order valence-electron chi connectivity index (χ0n) is 11.7. The van der Waals surface area contributed by atoms with Gasteiger partial charge in [-0.3, -0.25) is 4.90 Å². The van der Waals surface area contributed by atoms with Crippen molar-refractivity contribution >= 4 is 0 Å². The van der Waals surface area contributed by atoms with Gasteiger partial charge >= 0.3 is 0 Å². The van der Waals surface area contributed by atoms with Crippen molar-refractivity contribution in [3.63, 3.8) is 0 Å². The molecular formula is C16H25NO. The van der Waals surface area contributed by atoms with Gasteiger partial charge < -0.3 is 4.74 Å². The van der Waals surface area contributed by atoms with E-state index in [0.717, 1.165) is 19.7 Å². The van der Waals surface area contributed by atoms with E-state index in [0.29, 0.717) is 6.10 Å². The van der Waals surface area contributed by atoms with E-state index in [4.69, 9.17) is 4.74 Å². The van der Waals surface area contributed by atoms with Gasteiger partial charge in [0.2, 0.25) is 0 Å². The fourth-order valence-corrected chi connectivity index (χ4v) is 2.42. The van der Waals surface area contributed by atoms with Gasteiger partial charge in [0.25, 0.3) is 0 Å². The van der Waals surface area contributed by atoms with Crippen LogP contribution in [0.2, 0.25) is 0 Å². The minimum absolute atomic E-state index is 0.460. The van der Waals surface area contributed by atoms with Gasteiger partial charge in [-0.2, -0.15) is 0 Å². The Balaban J connectivity index is 1.73. The maximum Gasteiger partial charge on any atom is 0.0714 e. The Morgan fingerprint density at radius 3 is 2.78 bits per heavy atom. The molecule has 0 aliphatic carbocycles. The maximum absolute atomic E-state index is 5.89. The average Bonchev–Trinajstić information content (AvgIpc) is 2.80. The van der Waals surface area contributed by atoms with Gasteiger partial charge in [-0.1, -0.05) is 43.2 Å². The molecule has 0 spiro atoms. The third-order valence-electron chi connectivity index (χ3n) is 3.61. The number of likely N-dealkylation sites (tertiary alicyclic amines) is 1. The number of rotatable bonds is 6. The molecule has 0 saturated carbocycles. The molecular weight excluding hydrogens is 222 g/mol. The van der Waals surface area contributed by atoms with Crippen molar-refractivity contribution in [2.24, 2.45) is 0 Å². The van der Waals surface area contributed by atoms with Gasteiger partial charge in [-0.05, 0) is 25.3 Å². The first-order chi connectivity index (χ1) is 8.78. The van der Waals surface area contributed by atoms with Crippen LogP contribution in [-0.4, -0.2) is 30.7 Å². The number of hydrogen-bond donors (Lipinski definition) is 0. The molecule has 2 nitrogen and oxygen atoms in total. The minimum atomic E-state index is 0.460. The normalized spacial score (nSPS) is 20.4. The highest BCUT2D eigenvalue weighted by molar-refractivity contribution is 5.21. The largest absolute Gasteiger partial charge is 0.377 e. The van der Waals surface area contributed by atoms with E-state index in [-0.39, 0.29) is 0 Å². The number of nitrogens with zero attached hydrogens (tertiary/aromatic N) is 1. The van der Waals surface area contributed by atoms with Crippen molar-refractivity contribution in [2.75, 3.05) is 19.7 Å². The Hall–Kier alpha value is -0.860. The SMILES string of the molecule is CCCCOC1CCN(Cc2ccc(C)cc2)C1. The summed E-state index contributed by atoms with van der Waals surface area (Å²) in [5.74, 6) is 0. The molecule has 2 heteroatoms. The highest BCUT2D eigenvalue weighted by Gasteiger charge is 2.22. The van der Waals surface area contributed by atoms with Crippen molar-refractivity contribution in [3.05, 3.63) is 35.4 Å². The van der Waals surface area contributed by atoms with Crippen LogP contribution in [0.15, 0.2) is 24.3 Å². The molecule has 1 aromatic carbocycles. The summed E-state index contributed by atoms with van der Waals surface area (Å²) in [7, 11) is 0. The van der Waals surface area contributed by atoms with Crippen LogP contribution in [0, 0.1) is 6.92 Å². The topological polar surface area (TPSA) is 12.5 Å². The molecule has 1 aliphatic heterocycles. The van der Waals surface area contributed by atoms with Crippen LogP contribution < -0.4 is 0 Å². The first-order valence-electron chi connectivity index (χ1n) is 7.17. The summed E-state index contributed by atoms with van der Waals surface area (Å²) >= 11 is 0. The van der Waals surface area contributed by atoms with Crippen molar-refractivity contribution < 1.29 is 4.74 Å². The second kappa shape index (κ2) is 6.91. The zero-order valence-corrected chi connectivity index (χ0v) is 11.7. The van der Waals surface area contributed by atoms with Crippen LogP contribution in [0.25, 0.3) is 0 Å². The van der Waals surface area contributed by atoms with E-state index in [1.807, 2.05) is 0 Å². The number of ether oxygens (including phenoxy) is 1. The Morgan fingerprint density at radius 2 is 2.06 bits per heavy atom. The van der Waals surface area contributed by atoms with E-state index < -0.39 is 0 Å². The summed E-state index contributed by atoms with van der Waals surface area (Å²) in [6.07, 6.45) is 4.06. The van der Waals surface area contributed by atoms with Crippen LogP contribution in [0.3, 0.4) is 0 Å². The van der Waals surface area contributed by atoms with Gasteiger partial charge in [0.1, 0.15) is 0 Å². The second-order valence-electron chi connectivity index (χ2n) is 5.36. The number of hydrogen-bond acceptors (Lipinski definition) is 2. The third kappa shape index (κ3) is 4.11. The minimum Gasteiger partial charge on any atom is -0.377 e. The van der Waals surface area contributed by atoms with Gasteiger partial charge in [0, 0.05) is 26.2 Å². The van der Waals surface area contributed by atoms with Crippen LogP contribution in [0.1, 0.15) is 37.3 Å². The molecule has 1 atom stereocenters. The summed E-state index contributed by atoms with van der Waals surface area (Å²) < 4.78 is 5.89. The predicted molar refractivity (Wildman–Crippen MR) is 75.7 cm³/mol. The predicted octanol–water partition coefficient (Wildman–Crippen LogP) is 3.39. The number of aryl methyl sites for hydroxylation is 1. The lowest BCUT2D eigenvalue weighted by Gasteiger charge is -2.16. The molecule has 0 N–H and O–H groups in total. The molecule has 1 aliphatic rings. The standard InChI is InChI=1S/C16H25NO/c1-3-4-11-18-16-9-10-17(13-16)12-15-7-5-14(2)6-8-15/h5-8,16H,3-4,9-13H2,1-2H3. The van der Waals surface area contributed by atoms with Crippen LogP contribution in [0.4, 0.5) is 0 Å². The Labute approximate surface area is 111 Å². The van der Waals surface area contributed by atoms with Crippen molar-refractivity contribution in [2.45, 2.75) is 45.8 Å². The van der Waals surface area contributed by atoms with Gasteiger partial charge in [-0.25, -0.2) is 0 Å². The zero-order chi connectivity index (χ0) is 12.8. The van der Waals surface area contributed by atoms with Gasteiger partial charge in [0.05, 0.1) is 6.10 Å². The lowest BCUT2D eigenvalue weighted by atomic mass is 10.1. The Kier molecular flexibility index (Phi) is 5.21.